The zero-order valence-electron chi connectivity index (χ0n) is 9.73. The third-order valence-electron chi connectivity index (χ3n) is 3.39. The van der Waals surface area contributed by atoms with Crippen LogP contribution in [0.4, 0.5) is 0 Å². The van der Waals surface area contributed by atoms with Gasteiger partial charge in [0.1, 0.15) is 0 Å². The predicted molar refractivity (Wildman–Crippen MR) is 63.8 cm³/mol. The number of hydrogen-bond donors (Lipinski definition) is 1. The van der Waals surface area contributed by atoms with Crippen molar-refractivity contribution in [3.8, 4) is 6.07 Å². The summed E-state index contributed by atoms with van der Waals surface area (Å²) in [5.41, 5.74) is 6.05. The van der Waals surface area contributed by atoms with E-state index >= 15 is 0 Å². The van der Waals surface area contributed by atoms with E-state index in [1.54, 1.807) is 0 Å². The van der Waals surface area contributed by atoms with Crippen LogP contribution in [0.25, 0.3) is 0 Å². The van der Waals surface area contributed by atoms with E-state index in [4.69, 9.17) is 11.0 Å². The average molecular weight is 220 g/mol. The van der Waals surface area contributed by atoms with E-state index in [0.29, 0.717) is 24.5 Å². The molecule has 0 spiro atoms. The highest BCUT2D eigenvalue weighted by molar-refractivity contribution is 5.79. The Balaban J connectivity index is 1.92. The molecule has 16 heavy (non-hydrogen) atoms. The highest BCUT2D eigenvalue weighted by atomic mass is 15.3. The quantitative estimate of drug-likeness (QED) is 0.578. The third-order valence-corrected chi connectivity index (χ3v) is 3.39. The standard InChI is InChI=1S/C12H20N4/c13-8-3-9-16(11-6-7-11)12(14)15-10-4-1-2-5-10/h10-11H,1-7,9H2,(H2,14,15). The van der Waals surface area contributed by atoms with Crippen LogP contribution in [-0.2, 0) is 0 Å². The summed E-state index contributed by atoms with van der Waals surface area (Å²) in [6.07, 6.45) is 7.86. The van der Waals surface area contributed by atoms with Crippen molar-refractivity contribution in [3.05, 3.63) is 0 Å². The van der Waals surface area contributed by atoms with E-state index in [1.807, 2.05) is 0 Å². The first kappa shape index (κ1) is 11.3. The molecule has 0 bridgehead atoms. The third kappa shape index (κ3) is 2.88. The molecular formula is C12H20N4. The van der Waals surface area contributed by atoms with Crippen LogP contribution in [0.2, 0.25) is 0 Å². The van der Waals surface area contributed by atoms with Gasteiger partial charge in [-0.25, -0.2) is 4.99 Å². The number of guanidine groups is 1. The van der Waals surface area contributed by atoms with E-state index in [9.17, 15) is 0 Å². The molecule has 0 saturated heterocycles. The summed E-state index contributed by atoms with van der Waals surface area (Å²) in [5, 5.41) is 8.63. The van der Waals surface area contributed by atoms with Gasteiger partial charge >= 0.3 is 0 Å². The Hall–Kier alpha value is -1.24. The maximum Gasteiger partial charge on any atom is 0.191 e. The van der Waals surface area contributed by atoms with Crippen LogP contribution in [0.15, 0.2) is 4.99 Å². The second kappa shape index (κ2) is 5.20. The van der Waals surface area contributed by atoms with Crippen molar-refractivity contribution >= 4 is 5.96 Å². The summed E-state index contributed by atoms with van der Waals surface area (Å²) in [6.45, 7) is 0.739. The zero-order chi connectivity index (χ0) is 11.4. The SMILES string of the molecule is N#CCCN(C(N)=NC1CCCC1)C1CC1. The largest absolute Gasteiger partial charge is 0.370 e. The van der Waals surface area contributed by atoms with Gasteiger partial charge in [-0.3, -0.25) is 0 Å². The molecule has 2 saturated carbocycles. The molecule has 88 valence electrons. The van der Waals surface area contributed by atoms with Gasteiger partial charge in [0.25, 0.3) is 0 Å². The number of nitrogens with zero attached hydrogens (tertiary/aromatic N) is 3. The lowest BCUT2D eigenvalue weighted by Gasteiger charge is -2.23. The molecule has 0 aromatic rings. The predicted octanol–water partition coefficient (Wildman–Crippen LogP) is 1.62. The first-order chi connectivity index (χ1) is 7.81. The molecule has 4 nitrogen and oxygen atoms in total. The van der Waals surface area contributed by atoms with Gasteiger partial charge in [0.2, 0.25) is 0 Å². The minimum absolute atomic E-state index is 0.434. The normalized spacial score (nSPS) is 22.1. The number of hydrogen-bond acceptors (Lipinski definition) is 2. The van der Waals surface area contributed by atoms with Gasteiger partial charge in [0.05, 0.1) is 18.5 Å². The highest BCUT2D eigenvalue weighted by Gasteiger charge is 2.30. The number of nitrogens with two attached hydrogens (primary N) is 1. The van der Waals surface area contributed by atoms with Crippen LogP contribution in [0.1, 0.15) is 44.9 Å². The van der Waals surface area contributed by atoms with Crippen molar-refractivity contribution < 1.29 is 0 Å². The summed E-state index contributed by atoms with van der Waals surface area (Å²) in [5.74, 6) is 0.671. The molecule has 0 aliphatic heterocycles. The van der Waals surface area contributed by atoms with Gasteiger partial charge in [-0.2, -0.15) is 5.26 Å². The summed E-state index contributed by atoms with van der Waals surface area (Å²) in [7, 11) is 0. The Bertz CT molecular complexity index is 295. The second-order valence-electron chi connectivity index (χ2n) is 4.76. The Kier molecular flexibility index (Phi) is 3.66. The first-order valence-corrected chi connectivity index (χ1v) is 6.28. The minimum atomic E-state index is 0.434. The molecular weight excluding hydrogens is 200 g/mol. The fourth-order valence-corrected chi connectivity index (χ4v) is 2.34. The van der Waals surface area contributed by atoms with Crippen molar-refractivity contribution in [1.82, 2.24) is 4.90 Å². The first-order valence-electron chi connectivity index (χ1n) is 6.28. The van der Waals surface area contributed by atoms with Gasteiger partial charge < -0.3 is 10.6 Å². The monoisotopic (exact) mass is 220 g/mol. The summed E-state index contributed by atoms with van der Waals surface area (Å²) >= 11 is 0. The molecule has 2 aliphatic rings. The van der Waals surface area contributed by atoms with Crippen LogP contribution < -0.4 is 5.73 Å². The summed E-state index contributed by atoms with van der Waals surface area (Å²) in [4.78, 5) is 6.73. The Morgan fingerprint density at radius 1 is 1.31 bits per heavy atom. The van der Waals surface area contributed by atoms with Crippen LogP contribution in [0, 0.1) is 11.3 Å². The smallest absolute Gasteiger partial charge is 0.191 e. The number of nitriles is 1. The maximum absolute atomic E-state index is 8.63. The van der Waals surface area contributed by atoms with Gasteiger partial charge in [-0.15, -0.1) is 0 Å². The Morgan fingerprint density at radius 2 is 2.00 bits per heavy atom. The Labute approximate surface area is 97.1 Å². The van der Waals surface area contributed by atoms with E-state index in [0.717, 1.165) is 6.54 Å². The lowest BCUT2D eigenvalue weighted by molar-refractivity contribution is 0.409. The van der Waals surface area contributed by atoms with Crippen LogP contribution in [0.3, 0.4) is 0 Å². The molecule has 2 rings (SSSR count). The second-order valence-corrected chi connectivity index (χ2v) is 4.76. The van der Waals surface area contributed by atoms with Crippen molar-refractivity contribution in [1.29, 1.82) is 5.26 Å². The molecule has 0 atom stereocenters. The fraction of sp³-hybridized carbons (Fsp3) is 0.833. The minimum Gasteiger partial charge on any atom is -0.370 e. The topological polar surface area (TPSA) is 65.4 Å². The van der Waals surface area contributed by atoms with E-state index in [1.165, 1.54) is 38.5 Å². The fourth-order valence-electron chi connectivity index (χ4n) is 2.34. The molecule has 2 fully saturated rings. The zero-order valence-corrected chi connectivity index (χ0v) is 9.73. The molecule has 4 heteroatoms. The van der Waals surface area contributed by atoms with Crippen molar-refractivity contribution in [2.75, 3.05) is 6.54 Å². The van der Waals surface area contributed by atoms with E-state index in [2.05, 4.69) is 16.0 Å². The van der Waals surface area contributed by atoms with Gasteiger partial charge in [0, 0.05) is 12.6 Å². The molecule has 0 amide bonds. The van der Waals surface area contributed by atoms with Crippen LogP contribution in [0.5, 0.6) is 0 Å². The Morgan fingerprint density at radius 3 is 2.56 bits per heavy atom. The van der Waals surface area contributed by atoms with Crippen molar-refractivity contribution in [3.63, 3.8) is 0 Å². The molecule has 2 aliphatic carbocycles. The summed E-state index contributed by atoms with van der Waals surface area (Å²) < 4.78 is 0. The molecule has 0 radical (unpaired) electrons. The van der Waals surface area contributed by atoms with Crippen molar-refractivity contribution in [2.45, 2.75) is 57.0 Å². The van der Waals surface area contributed by atoms with E-state index in [-0.39, 0.29) is 0 Å². The van der Waals surface area contributed by atoms with E-state index < -0.39 is 0 Å². The maximum atomic E-state index is 8.63. The lowest BCUT2D eigenvalue weighted by atomic mass is 10.3. The van der Waals surface area contributed by atoms with Gasteiger partial charge in [-0.1, -0.05) is 12.8 Å². The lowest BCUT2D eigenvalue weighted by Crippen LogP contribution is -2.40. The van der Waals surface area contributed by atoms with Crippen LogP contribution in [-0.4, -0.2) is 29.5 Å². The average Bonchev–Trinajstić information content (AvgIpc) is 2.98. The van der Waals surface area contributed by atoms with Crippen LogP contribution >= 0.6 is 0 Å². The van der Waals surface area contributed by atoms with Gasteiger partial charge in [0.15, 0.2) is 5.96 Å². The highest BCUT2D eigenvalue weighted by Crippen LogP contribution is 2.27. The molecule has 0 heterocycles. The molecule has 0 unspecified atom stereocenters. The molecule has 2 N–H and O–H groups in total. The van der Waals surface area contributed by atoms with Crippen molar-refractivity contribution in [2.24, 2.45) is 10.7 Å². The molecule has 0 aromatic heterocycles. The van der Waals surface area contributed by atoms with Gasteiger partial charge in [-0.05, 0) is 25.7 Å². The number of aliphatic imine (C=N–C) groups is 1. The summed E-state index contributed by atoms with van der Waals surface area (Å²) in [6, 6.07) is 3.16. The molecule has 0 aromatic carbocycles. The number of rotatable bonds is 4.